The number of aryl methyl sites for hydroxylation is 1. The molecule has 1 aromatic carbocycles. The molecule has 16 heavy (non-hydrogen) atoms. The first-order valence-corrected chi connectivity index (χ1v) is 5.52. The van der Waals surface area contributed by atoms with Gasteiger partial charge in [0.1, 0.15) is 5.75 Å². The third kappa shape index (κ3) is 2.02. The highest BCUT2D eigenvalue weighted by Gasteiger charge is 2.26. The fraction of sp³-hybridized carbons (Fsp3) is 0.462. The van der Waals surface area contributed by atoms with E-state index in [9.17, 15) is 0 Å². The Kier molecular flexibility index (Phi) is 3.12. The minimum absolute atomic E-state index is 0.121. The second-order valence-electron chi connectivity index (χ2n) is 4.27. The van der Waals surface area contributed by atoms with E-state index in [1.165, 1.54) is 5.56 Å². The number of nitriles is 1. The van der Waals surface area contributed by atoms with Crippen LogP contribution in [0.15, 0.2) is 18.2 Å². The number of methoxy groups -OCH3 is 1. The van der Waals surface area contributed by atoms with Gasteiger partial charge < -0.3 is 10.1 Å². The molecule has 1 aliphatic heterocycles. The van der Waals surface area contributed by atoms with Gasteiger partial charge in [-0.15, -0.1) is 0 Å². The van der Waals surface area contributed by atoms with Gasteiger partial charge in [-0.25, -0.2) is 0 Å². The van der Waals surface area contributed by atoms with Gasteiger partial charge in [0, 0.05) is 18.2 Å². The van der Waals surface area contributed by atoms with Crippen LogP contribution in [0.2, 0.25) is 0 Å². The molecule has 0 amide bonds. The van der Waals surface area contributed by atoms with E-state index in [4.69, 9.17) is 10.00 Å². The van der Waals surface area contributed by atoms with Gasteiger partial charge in [-0.05, 0) is 25.0 Å². The third-order valence-electron chi connectivity index (χ3n) is 3.08. The number of hydrogen-bond donors (Lipinski definition) is 1. The van der Waals surface area contributed by atoms with Crippen molar-refractivity contribution >= 4 is 0 Å². The lowest BCUT2D eigenvalue weighted by molar-refractivity contribution is 0.402. The van der Waals surface area contributed by atoms with Gasteiger partial charge in [-0.1, -0.05) is 12.1 Å². The van der Waals surface area contributed by atoms with Gasteiger partial charge in [0.05, 0.1) is 19.1 Å². The fourth-order valence-electron chi connectivity index (χ4n) is 2.18. The standard InChI is InChI=1S/C13H16N2O/c1-9-3-4-11(13(5-9)16-2)12-6-10(7-14)8-15-12/h3-5,10,12,15H,6,8H2,1-2H3. The molecule has 3 heteroatoms. The van der Waals surface area contributed by atoms with Crippen LogP contribution in [-0.2, 0) is 0 Å². The number of nitrogens with zero attached hydrogens (tertiary/aromatic N) is 1. The highest BCUT2D eigenvalue weighted by molar-refractivity contribution is 5.39. The van der Waals surface area contributed by atoms with E-state index in [1.54, 1.807) is 7.11 Å². The molecule has 84 valence electrons. The molecule has 0 radical (unpaired) electrons. The summed E-state index contributed by atoms with van der Waals surface area (Å²) in [6.07, 6.45) is 0.871. The minimum atomic E-state index is 0.121. The van der Waals surface area contributed by atoms with Crippen LogP contribution in [0.5, 0.6) is 5.75 Å². The molecule has 1 saturated heterocycles. The fourth-order valence-corrected chi connectivity index (χ4v) is 2.18. The first kappa shape index (κ1) is 11.0. The molecule has 0 aromatic heterocycles. The molecule has 1 N–H and O–H groups in total. The van der Waals surface area contributed by atoms with Gasteiger partial charge >= 0.3 is 0 Å². The van der Waals surface area contributed by atoms with E-state index >= 15 is 0 Å². The summed E-state index contributed by atoms with van der Waals surface area (Å²) in [4.78, 5) is 0. The van der Waals surface area contributed by atoms with Crippen molar-refractivity contribution in [3.63, 3.8) is 0 Å². The Morgan fingerprint density at radius 2 is 2.31 bits per heavy atom. The van der Waals surface area contributed by atoms with Crippen LogP contribution in [-0.4, -0.2) is 13.7 Å². The van der Waals surface area contributed by atoms with Crippen molar-refractivity contribution in [1.29, 1.82) is 5.26 Å². The average molecular weight is 216 g/mol. The van der Waals surface area contributed by atoms with Crippen molar-refractivity contribution in [2.75, 3.05) is 13.7 Å². The van der Waals surface area contributed by atoms with Crippen molar-refractivity contribution in [3.8, 4) is 11.8 Å². The monoisotopic (exact) mass is 216 g/mol. The van der Waals surface area contributed by atoms with Crippen molar-refractivity contribution in [1.82, 2.24) is 5.32 Å². The molecule has 0 saturated carbocycles. The third-order valence-corrected chi connectivity index (χ3v) is 3.08. The highest BCUT2D eigenvalue weighted by Crippen LogP contribution is 2.33. The predicted molar refractivity (Wildman–Crippen MR) is 62.2 cm³/mol. The second kappa shape index (κ2) is 4.54. The summed E-state index contributed by atoms with van der Waals surface area (Å²) in [7, 11) is 1.69. The molecular formula is C13H16N2O. The summed E-state index contributed by atoms with van der Waals surface area (Å²) in [5, 5.41) is 12.2. The number of benzene rings is 1. The highest BCUT2D eigenvalue weighted by atomic mass is 16.5. The summed E-state index contributed by atoms with van der Waals surface area (Å²) in [6.45, 7) is 2.82. The van der Waals surface area contributed by atoms with Gasteiger partial charge in [0.25, 0.3) is 0 Å². The maximum absolute atomic E-state index is 8.88. The summed E-state index contributed by atoms with van der Waals surface area (Å²) in [5.74, 6) is 1.03. The number of hydrogen-bond acceptors (Lipinski definition) is 3. The maximum atomic E-state index is 8.88. The van der Waals surface area contributed by atoms with E-state index in [1.807, 2.05) is 13.0 Å². The minimum Gasteiger partial charge on any atom is -0.496 e. The van der Waals surface area contributed by atoms with Gasteiger partial charge in [0.2, 0.25) is 0 Å². The average Bonchev–Trinajstić information content (AvgIpc) is 2.77. The molecule has 2 atom stereocenters. The molecular weight excluding hydrogens is 200 g/mol. The quantitative estimate of drug-likeness (QED) is 0.824. The predicted octanol–water partition coefficient (Wildman–Crippen LogP) is 2.18. The van der Waals surface area contributed by atoms with E-state index in [0.29, 0.717) is 0 Å². The van der Waals surface area contributed by atoms with Crippen molar-refractivity contribution in [3.05, 3.63) is 29.3 Å². The molecule has 1 heterocycles. The van der Waals surface area contributed by atoms with E-state index < -0.39 is 0 Å². The Bertz CT molecular complexity index is 422. The van der Waals surface area contributed by atoms with Crippen LogP contribution in [0.3, 0.4) is 0 Å². The lowest BCUT2D eigenvalue weighted by Crippen LogP contribution is -2.14. The largest absolute Gasteiger partial charge is 0.496 e. The molecule has 1 fully saturated rings. The molecule has 0 aliphatic carbocycles. The van der Waals surface area contributed by atoms with E-state index in [-0.39, 0.29) is 12.0 Å². The maximum Gasteiger partial charge on any atom is 0.123 e. The molecule has 2 rings (SSSR count). The smallest absolute Gasteiger partial charge is 0.123 e. The SMILES string of the molecule is COc1cc(C)ccc1C1CC(C#N)CN1. The molecule has 0 bridgehead atoms. The van der Waals surface area contributed by atoms with Gasteiger partial charge in [0.15, 0.2) is 0 Å². The Labute approximate surface area is 96.0 Å². The Morgan fingerprint density at radius 1 is 1.50 bits per heavy atom. The Balaban J connectivity index is 2.24. The van der Waals surface area contributed by atoms with E-state index in [0.717, 1.165) is 24.3 Å². The summed E-state index contributed by atoms with van der Waals surface area (Å²) < 4.78 is 5.38. The lowest BCUT2D eigenvalue weighted by atomic mass is 9.99. The first-order valence-electron chi connectivity index (χ1n) is 5.52. The normalized spacial score (nSPS) is 24.1. The van der Waals surface area contributed by atoms with Gasteiger partial charge in [-0.2, -0.15) is 5.26 Å². The van der Waals surface area contributed by atoms with Gasteiger partial charge in [-0.3, -0.25) is 0 Å². The first-order chi connectivity index (χ1) is 7.74. The summed E-state index contributed by atoms with van der Waals surface area (Å²) >= 11 is 0. The number of rotatable bonds is 2. The Morgan fingerprint density at radius 3 is 2.94 bits per heavy atom. The topological polar surface area (TPSA) is 45.0 Å². The molecule has 3 nitrogen and oxygen atoms in total. The van der Waals surface area contributed by atoms with Crippen LogP contribution < -0.4 is 10.1 Å². The lowest BCUT2D eigenvalue weighted by Gasteiger charge is -2.15. The second-order valence-corrected chi connectivity index (χ2v) is 4.27. The van der Waals surface area contributed by atoms with Crippen LogP contribution in [0, 0.1) is 24.2 Å². The van der Waals surface area contributed by atoms with E-state index in [2.05, 4.69) is 23.5 Å². The van der Waals surface area contributed by atoms with Crippen molar-refractivity contribution in [2.24, 2.45) is 5.92 Å². The zero-order valence-electron chi connectivity index (χ0n) is 9.66. The zero-order valence-corrected chi connectivity index (χ0v) is 9.66. The number of nitrogens with one attached hydrogen (secondary N) is 1. The summed E-state index contributed by atoms with van der Waals surface area (Å²) in [5.41, 5.74) is 2.35. The van der Waals surface area contributed by atoms with Crippen LogP contribution >= 0.6 is 0 Å². The Hall–Kier alpha value is -1.53. The molecule has 1 aromatic rings. The number of ether oxygens (including phenoxy) is 1. The van der Waals surface area contributed by atoms with Crippen LogP contribution in [0.1, 0.15) is 23.6 Å². The van der Waals surface area contributed by atoms with Crippen molar-refractivity contribution in [2.45, 2.75) is 19.4 Å². The zero-order chi connectivity index (χ0) is 11.5. The molecule has 2 unspecified atom stereocenters. The van der Waals surface area contributed by atoms with Crippen LogP contribution in [0.4, 0.5) is 0 Å². The summed E-state index contributed by atoms with van der Waals surface area (Å²) in [6, 6.07) is 8.77. The molecule has 1 aliphatic rings. The molecule has 0 spiro atoms. The van der Waals surface area contributed by atoms with Crippen LogP contribution in [0.25, 0.3) is 0 Å². The van der Waals surface area contributed by atoms with Crippen molar-refractivity contribution < 1.29 is 4.74 Å².